The molecule has 2 aliphatic rings. The van der Waals surface area contributed by atoms with E-state index in [4.69, 9.17) is 19.9 Å². The van der Waals surface area contributed by atoms with Crippen LogP contribution in [0.4, 0.5) is 0 Å². The van der Waals surface area contributed by atoms with Crippen LogP contribution in [0.25, 0.3) is 11.3 Å². The zero-order valence-corrected chi connectivity index (χ0v) is 15.0. The molecule has 0 aliphatic carbocycles. The summed E-state index contributed by atoms with van der Waals surface area (Å²) in [6.45, 7) is 2.21. The number of nitrogens with one attached hydrogen (secondary N) is 1. The Morgan fingerprint density at radius 2 is 2.04 bits per heavy atom. The second-order valence-corrected chi connectivity index (χ2v) is 6.72. The molecule has 3 aromatic rings. The van der Waals surface area contributed by atoms with Gasteiger partial charge in [0.2, 0.25) is 18.6 Å². The number of H-pyrrole nitrogens is 1. The molecule has 0 saturated heterocycles. The predicted molar refractivity (Wildman–Crippen MR) is 101 cm³/mol. The third-order valence-corrected chi connectivity index (χ3v) is 4.98. The van der Waals surface area contributed by atoms with Gasteiger partial charge in [0, 0.05) is 5.56 Å². The molecule has 1 atom stereocenters. The summed E-state index contributed by atoms with van der Waals surface area (Å²) in [5.41, 5.74) is 10.8. The van der Waals surface area contributed by atoms with E-state index in [1.165, 1.54) is 0 Å². The van der Waals surface area contributed by atoms with Gasteiger partial charge in [-0.2, -0.15) is 5.26 Å². The van der Waals surface area contributed by atoms with Crippen molar-refractivity contribution in [2.45, 2.75) is 12.8 Å². The van der Waals surface area contributed by atoms with E-state index in [-0.39, 0.29) is 18.6 Å². The van der Waals surface area contributed by atoms with Crippen LogP contribution in [0.1, 0.15) is 22.6 Å². The van der Waals surface area contributed by atoms with Crippen LogP contribution in [0.2, 0.25) is 0 Å². The summed E-state index contributed by atoms with van der Waals surface area (Å²) in [7, 11) is 0. The van der Waals surface area contributed by atoms with Crippen LogP contribution < -0.4 is 19.9 Å². The molecule has 0 amide bonds. The molecular formula is C21H16N4O3. The highest BCUT2D eigenvalue weighted by molar-refractivity contribution is 5.73. The van der Waals surface area contributed by atoms with E-state index in [0.29, 0.717) is 23.0 Å². The van der Waals surface area contributed by atoms with Crippen LogP contribution in [0.3, 0.4) is 0 Å². The molecule has 1 aromatic heterocycles. The fourth-order valence-corrected chi connectivity index (χ4v) is 3.70. The Kier molecular flexibility index (Phi) is 3.52. The highest BCUT2D eigenvalue weighted by atomic mass is 16.7. The number of allylic oxidation sites excluding steroid dienone is 1. The number of fused-ring (bicyclic) bond motifs is 2. The lowest BCUT2D eigenvalue weighted by Gasteiger charge is -2.24. The van der Waals surface area contributed by atoms with Crippen molar-refractivity contribution < 1.29 is 14.2 Å². The number of nitrogens with zero attached hydrogens (tertiary/aromatic N) is 2. The lowest BCUT2D eigenvalue weighted by Crippen LogP contribution is -2.21. The van der Waals surface area contributed by atoms with E-state index in [0.717, 1.165) is 27.9 Å². The molecule has 5 rings (SSSR count). The number of aromatic nitrogens is 2. The van der Waals surface area contributed by atoms with Crippen molar-refractivity contribution in [3.05, 3.63) is 70.6 Å². The molecule has 0 fully saturated rings. The summed E-state index contributed by atoms with van der Waals surface area (Å²) in [6.07, 6.45) is 0. The van der Waals surface area contributed by atoms with Gasteiger partial charge in [-0.1, -0.05) is 29.8 Å². The lowest BCUT2D eigenvalue weighted by atomic mass is 9.82. The number of nitriles is 1. The van der Waals surface area contributed by atoms with Crippen molar-refractivity contribution in [2.75, 3.05) is 6.79 Å². The molecule has 1 unspecified atom stereocenters. The Balaban J connectivity index is 1.71. The van der Waals surface area contributed by atoms with E-state index < -0.39 is 0 Å². The lowest BCUT2D eigenvalue weighted by molar-refractivity contribution is 0.174. The first-order valence-electron chi connectivity index (χ1n) is 8.78. The van der Waals surface area contributed by atoms with Gasteiger partial charge in [-0.05, 0) is 30.7 Å². The molecule has 3 heterocycles. The van der Waals surface area contributed by atoms with Gasteiger partial charge in [0.25, 0.3) is 0 Å². The van der Waals surface area contributed by atoms with Crippen LogP contribution in [-0.4, -0.2) is 17.0 Å². The van der Waals surface area contributed by atoms with Gasteiger partial charge in [0.1, 0.15) is 11.6 Å². The Labute approximate surface area is 161 Å². The Morgan fingerprint density at radius 3 is 2.86 bits per heavy atom. The first kappa shape index (κ1) is 16.3. The number of hydrogen-bond donors (Lipinski definition) is 2. The monoisotopic (exact) mass is 372 g/mol. The minimum absolute atomic E-state index is 0.0743. The van der Waals surface area contributed by atoms with E-state index in [2.05, 4.69) is 16.3 Å². The number of aryl methyl sites for hydroxylation is 1. The molecule has 0 saturated carbocycles. The number of aromatic amines is 1. The number of rotatable bonds is 2. The zero-order valence-electron chi connectivity index (χ0n) is 15.0. The van der Waals surface area contributed by atoms with Gasteiger partial charge in [-0.3, -0.25) is 5.10 Å². The van der Waals surface area contributed by atoms with Crippen molar-refractivity contribution in [1.29, 1.82) is 5.26 Å². The molecule has 7 heteroatoms. The first-order valence-corrected chi connectivity index (χ1v) is 8.78. The van der Waals surface area contributed by atoms with Crippen molar-refractivity contribution in [3.63, 3.8) is 0 Å². The first-order chi connectivity index (χ1) is 13.7. The van der Waals surface area contributed by atoms with Gasteiger partial charge >= 0.3 is 0 Å². The number of benzene rings is 2. The van der Waals surface area contributed by atoms with Gasteiger partial charge in [0.05, 0.1) is 17.2 Å². The molecule has 28 heavy (non-hydrogen) atoms. The smallest absolute Gasteiger partial charge is 0.244 e. The van der Waals surface area contributed by atoms with Crippen LogP contribution in [0.15, 0.2) is 53.9 Å². The molecule has 3 N–H and O–H groups in total. The summed E-state index contributed by atoms with van der Waals surface area (Å²) in [5, 5.41) is 17.1. The van der Waals surface area contributed by atoms with E-state index in [9.17, 15) is 5.26 Å². The number of nitrogens with two attached hydrogens (primary N) is 1. The van der Waals surface area contributed by atoms with Gasteiger partial charge in [-0.25, -0.2) is 0 Å². The average Bonchev–Trinajstić information content (AvgIpc) is 3.32. The van der Waals surface area contributed by atoms with E-state index in [1.807, 2.05) is 49.4 Å². The summed E-state index contributed by atoms with van der Waals surface area (Å²) >= 11 is 0. The Bertz CT molecular complexity index is 1170. The predicted octanol–water partition coefficient (Wildman–Crippen LogP) is 3.33. The summed E-state index contributed by atoms with van der Waals surface area (Å²) < 4.78 is 16.5. The standard InChI is InChI=1S/C21H16N4O3/c1-11-3-2-4-12(7-11)17-14(9-22)20(23)28-21-18(17)19(24-25-21)13-5-6-15-16(8-13)27-10-26-15/h2-8,17H,10,23H2,1H3,(H,24,25). The normalized spacial score (nSPS) is 17.1. The molecule has 2 aliphatic heterocycles. The van der Waals surface area contributed by atoms with Crippen LogP contribution >= 0.6 is 0 Å². The topological polar surface area (TPSA) is 106 Å². The van der Waals surface area contributed by atoms with Crippen LogP contribution in [-0.2, 0) is 0 Å². The minimum atomic E-state index is -0.382. The molecule has 0 radical (unpaired) electrons. The Morgan fingerprint density at radius 1 is 1.18 bits per heavy atom. The highest BCUT2D eigenvalue weighted by Crippen LogP contribution is 2.46. The van der Waals surface area contributed by atoms with E-state index >= 15 is 0 Å². The number of hydrogen-bond acceptors (Lipinski definition) is 6. The summed E-state index contributed by atoms with van der Waals surface area (Å²) in [4.78, 5) is 0. The second kappa shape index (κ2) is 6.06. The van der Waals surface area contributed by atoms with Crippen molar-refractivity contribution in [1.82, 2.24) is 10.2 Å². The van der Waals surface area contributed by atoms with Gasteiger partial charge in [0.15, 0.2) is 11.5 Å². The second-order valence-electron chi connectivity index (χ2n) is 6.72. The molecule has 0 spiro atoms. The van der Waals surface area contributed by atoms with Crippen molar-refractivity contribution >= 4 is 0 Å². The maximum atomic E-state index is 9.78. The fraction of sp³-hybridized carbons (Fsp3) is 0.143. The van der Waals surface area contributed by atoms with Gasteiger partial charge in [-0.15, -0.1) is 5.10 Å². The molecular weight excluding hydrogens is 356 g/mol. The quantitative estimate of drug-likeness (QED) is 0.715. The fourth-order valence-electron chi connectivity index (χ4n) is 3.70. The molecule has 0 bridgehead atoms. The Hall–Kier alpha value is -3.92. The largest absolute Gasteiger partial charge is 0.454 e. The summed E-state index contributed by atoms with van der Waals surface area (Å²) in [6, 6.07) is 15.9. The molecule has 7 nitrogen and oxygen atoms in total. The third-order valence-electron chi connectivity index (χ3n) is 4.98. The van der Waals surface area contributed by atoms with Crippen LogP contribution in [0, 0.1) is 18.3 Å². The number of ether oxygens (including phenoxy) is 3. The van der Waals surface area contributed by atoms with Crippen molar-refractivity contribution in [3.8, 4) is 34.7 Å². The van der Waals surface area contributed by atoms with Crippen LogP contribution in [0.5, 0.6) is 17.4 Å². The summed E-state index contributed by atoms with van der Waals surface area (Å²) in [5.74, 6) is 1.43. The zero-order chi connectivity index (χ0) is 19.3. The third kappa shape index (κ3) is 2.39. The van der Waals surface area contributed by atoms with Crippen molar-refractivity contribution in [2.24, 2.45) is 5.73 Å². The molecule has 2 aromatic carbocycles. The highest BCUT2D eigenvalue weighted by Gasteiger charge is 2.35. The maximum absolute atomic E-state index is 9.78. The minimum Gasteiger partial charge on any atom is -0.454 e. The maximum Gasteiger partial charge on any atom is 0.244 e. The molecule has 138 valence electrons. The van der Waals surface area contributed by atoms with E-state index in [1.54, 1.807) is 0 Å². The van der Waals surface area contributed by atoms with Gasteiger partial charge < -0.3 is 19.9 Å². The SMILES string of the molecule is Cc1cccc(C2C(C#N)=C(N)Oc3n[nH]c(-c4ccc5c(c4)OCO5)c32)c1. The average molecular weight is 372 g/mol.